The summed E-state index contributed by atoms with van der Waals surface area (Å²) in [6.07, 6.45) is -0.509. The molecule has 0 aromatic heterocycles. The van der Waals surface area contributed by atoms with Gasteiger partial charge in [-0.05, 0) is 5.56 Å². The lowest BCUT2D eigenvalue weighted by molar-refractivity contribution is -0.129. The number of rotatable bonds is 3. The van der Waals surface area contributed by atoms with Gasteiger partial charge in [0.25, 0.3) is 5.91 Å². The SMILES string of the molecule is N#CC1CN(C(C(=O)NN)c2ccccc2)CCO1. The van der Waals surface area contributed by atoms with E-state index in [-0.39, 0.29) is 5.91 Å². The van der Waals surface area contributed by atoms with E-state index < -0.39 is 12.1 Å². The molecule has 1 aliphatic rings. The highest BCUT2D eigenvalue weighted by Crippen LogP contribution is 2.23. The Bertz CT molecular complexity index is 471. The molecule has 6 nitrogen and oxygen atoms in total. The number of hydrogen-bond donors (Lipinski definition) is 2. The van der Waals surface area contributed by atoms with Gasteiger partial charge in [-0.15, -0.1) is 0 Å². The number of nitrogens with two attached hydrogens (primary N) is 1. The molecule has 2 unspecified atom stereocenters. The summed E-state index contributed by atoms with van der Waals surface area (Å²) >= 11 is 0. The number of benzene rings is 1. The van der Waals surface area contributed by atoms with Crippen LogP contribution in [0.3, 0.4) is 0 Å². The van der Waals surface area contributed by atoms with Crippen LogP contribution in [0.2, 0.25) is 0 Å². The molecule has 0 spiro atoms. The summed E-state index contributed by atoms with van der Waals surface area (Å²) < 4.78 is 5.29. The van der Waals surface area contributed by atoms with Gasteiger partial charge in [0.2, 0.25) is 0 Å². The van der Waals surface area contributed by atoms with Crippen LogP contribution in [0.25, 0.3) is 0 Å². The van der Waals surface area contributed by atoms with Crippen LogP contribution in [0.15, 0.2) is 30.3 Å². The molecule has 1 saturated heterocycles. The molecule has 0 radical (unpaired) electrons. The average molecular weight is 260 g/mol. The van der Waals surface area contributed by atoms with Crippen molar-refractivity contribution in [2.75, 3.05) is 19.7 Å². The summed E-state index contributed by atoms with van der Waals surface area (Å²) in [5, 5.41) is 8.93. The maximum atomic E-state index is 12.0. The molecule has 1 aromatic carbocycles. The monoisotopic (exact) mass is 260 g/mol. The molecule has 6 heteroatoms. The van der Waals surface area contributed by atoms with Crippen LogP contribution in [0, 0.1) is 11.3 Å². The lowest BCUT2D eigenvalue weighted by Crippen LogP contribution is -2.49. The molecular weight excluding hydrogens is 244 g/mol. The van der Waals surface area contributed by atoms with Gasteiger partial charge in [0, 0.05) is 13.1 Å². The normalized spacial score (nSPS) is 21.4. The van der Waals surface area contributed by atoms with Crippen molar-refractivity contribution in [1.82, 2.24) is 10.3 Å². The fourth-order valence-corrected chi connectivity index (χ4v) is 2.22. The summed E-state index contributed by atoms with van der Waals surface area (Å²) in [6.45, 7) is 1.41. The minimum atomic E-state index is -0.509. The molecule has 3 N–H and O–H groups in total. The van der Waals surface area contributed by atoms with Crippen molar-refractivity contribution >= 4 is 5.91 Å². The Morgan fingerprint density at radius 1 is 1.53 bits per heavy atom. The number of nitriles is 1. The standard InChI is InChI=1S/C13H16N4O2/c14-8-11-9-17(6-7-19-11)12(13(18)16-15)10-4-2-1-3-5-10/h1-5,11-12H,6-7,9,15H2,(H,16,18). The number of nitrogens with zero attached hydrogens (tertiary/aromatic N) is 2. The topological polar surface area (TPSA) is 91.4 Å². The number of carbonyl (C=O) groups excluding carboxylic acids is 1. The largest absolute Gasteiger partial charge is 0.361 e. The van der Waals surface area contributed by atoms with Gasteiger partial charge in [-0.1, -0.05) is 30.3 Å². The molecule has 0 aliphatic carbocycles. The third-order valence-electron chi connectivity index (χ3n) is 3.11. The van der Waals surface area contributed by atoms with Gasteiger partial charge >= 0.3 is 0 Å². The third kappa shape index (κ3) is 3.09. The molecule has 1 fully saturated rings. The highest BCUT2D eigenvalue weighted by Gasteiger charge is 2.31. The Balaban J connectivity index is 2.23. The predicted molar refractivity (Wildman–Crippen MR) is 68.4 cm³/mol. The lowest BCUT2D eigenvalue weighted by Gasteiger charge is -2.35. The summed E-state index contributed by atoms with van der Waals surface area (Å²) in [5.41, 5.74) is 3.04. The second kappa shape index (κ2) is 6.29. The number of hydrazine groups is 1. The summed E-state index contributed by atoms with van der Waals surface area (Å²) in [4.78, 5) is 13.9. The zero-order chi connectivity index (χ0) is 13.7. The molecule has 1 heterocycles. The Morgan fingerprint density at radius 2 is 2.26 bits per heavy atom. The van der Waals surface area contributed by atoms with E-state index in [0.717, 1.165) is 5.56 Å². The first kappa shape index (κ1) is 13.5. The van der Waals surface area contributed by atoms with E-state index in [2.05, 4.69) is 11.5 Å². The van der Waals surface area contributed by atoms with E-state index in [1.165, 1.54) is 0 Å². The van der Waals surface area contributed by atoms with E-state index in [4.69, 9.17) is 15.8 Å². The maximum absolute atomic E-state index is 12.0. The van der Waals surface area contributed by atoms with Gasteiger partial charge in [-0.2, -0.15) is 5.26 Å². The zero-order valence-electron chi connectivity index (χ0n) is 10.5. The Hall–Kier alpha value is -1.94. The Kier molecular flexibility index (Phi) is 4.47. The summed E-state index contributed by atoms with van der Waals surface area (Å²) in [7, 11) is 0. The first-order chi connectivity index (χ1) is 9.26. The Morgan fingerprint density at radius 3 is 2.89 bits per heavy atom. The molecule has 1 aromatic rings. The Labute approximate surface area is 111 Å². The van der Waals surface area contributed by atoms with Crippen molar-refractivity contribution in [1.29, 1.82) is 5.26 Å². The summed E-state index contributed by atoms with van der Waals surface area (Å²) in [5.74, 6) is 4.97. The minimum Gasteiger partial charge on any atom is -0.361 e. The maximum Gasteiger partial charge on any atom is 0.255 e. The van der Waals surface area contributed by atoms with Crippen LogP contribution >= 0.6 is 0 Å². The molecule has 0 saturated carbocycles. The fourth-order valence-electron chi connectivity index (χ4n) is 2.22. The quantitative estimate of drug-likeness (QED) is 0.451. The van der Waals surface area contributed by atoms with Crippen LogP contribution < -0.4 is 11.3 Å². The fraction of sp³-hybridized carbons (Fsp3) is 0.385. The van der Waals surface area contributed by atoms with Gasteiger partial charge < -0.3 is 4.74 Å². The van der Waals surface area contributed by atoms with Gasteiger partial charge in [0.15, 0.2) is 6.10 Å². The number of carbonyl (C=O) groups is 1. The first-order valence-corrected chi connectivity index (χ1v) is 6.07. The van der Waals surface area contributed by atoms with Gasteiger partial charge in [0.1, 0.15) is 6.04 Å². The van der Waals surface area contributed by atoms with E-state index in [1.807, 2.05) is 35.2 Å². The van der Waals surface area contributed by atoms with Crippen LogP contribution in [0.5, 0.6) is 0 Å². The van der Waals surface area contributed by atoms with Crippen molar-refractivity contribution in [3.05, 3.63) is 35.9 Å². The smallest absolute Gasteiger partial charge is 0.255 e. The molecule has 1 amide bonds. The van der Waals surface area contributed by atoms with E-state index >= 15 is 0 Å². The molecule has 100 valence electrons. The van der Waals surface area contributed by atoms with Crippen LogP contribution in [0.4, 0.5) is 0 Å². The third-order valence-corrected chi connectivity index (χ3v) is 3.11. The van der Waals surface area contributed by atoms with Crippen molar-refractivity contribution in [2.45, 2.75) is 12.1 Å². The number of amides is 1. The number of nitrogens with one attached hydrogen (secondary N) is 1. The van der Waals surface area contributed by atoms with Gasteiger partial charge in [-0.25, -0.2) is 5.84 Å². The molecule has 2 rings (SSSR count). The lowest BCUT2D eigenvalue weighted by atomic mass is 10.0. The second-order valence-electron chi connectivity index (χ2n) is 4.31. The zero-order valence-corrected chi connectivity index (χ0v) is 10.5. The van der Waals surface area contributed by atoms with Gasteiger partial charge in [0.05, 0.1) is 12.7 Å². The number of ether oxygens (including phenoxy) is 1. The highest BCUT2D eigenvalue weighted by molar-refractivity contribution is 5.82. The number of hydrogen-bond acceptors (Lipinski definition) is 5. The van der Waals surface area contributed by atoms with E-state index in [9.17, 15) is 4.79 Å². The van der Waals surface area contributed by atoms with E-state index in [0.29, 0.717) is 19.7 Å². The molecular formula is C13H16N4O2. The molecule has 0 bridgehead atoms. The minimum absolute atomic E-state index is 0.287. The predicted octanol–water partition coefficient (Wildman–Crippen LogP) is -0.0580. The second-order valence-corrected chi connectivity index (χ2v) is 4.31. The van der Waals surface area contributed by atoms with Crippen LogP contribution in [0.1, 0.15) is 11.6 Å². The van der Waals surface area contributed by atoms with Crippen molar-refractivity contribution in [3.63, 3.8) is 0 Å². The van der Waals surface area contributed by atoms with Crippen molar-refractivity contribution in [3.8, 4) is 6.07 Å². The molecule has 19 heavy (non-hydrogen) atoms. The summed E-state index contributed by atoms with van der Waals surface area (Å²) in [6, 6.07) is 10.9. The number of morpholine rings is 1. The highest BCUT2D eigenvalue weighted by atomic mass is 16.5. The van der Waals surface area contributed by atoms with Crippen LogP contribution in [-0.4, -0.2) is 36.6 Å². The van der Waals surface area contributed by atoms with Crippen molar-refractivity contribution < 1.29 is 9.53 Å². The molecule has 2 atom stereocenters. The first-order valence-electron chi connectivity index (χ1n) is 6.07. The van der Waals surface area contributed by atoms with Gasteiger partial charge in [-0.3, -0.25) is 15.1 Å². The van der Waals surface area contributed by atoms with Crippen molar-refractivity contribution in [2.24, 2.45) is 5.84 Å². The molecule has 1 aliphatic heterocycles. The van der Waals surface area contributed by atoms with E-state index in [1.54, 1.807) is 0 Å². The average Bonchev–Trinajstić information content (AvgIpc) is 2.48. The van der Waals surface area contributed by atoms with Crippen LogP contribution in [-0.2, 0) is 9.53 Å².